The Morgan fingerprint density at radius 3 is 2.70 bits per heavy atom. The maximum Gasteiger partial charge on any atom is 0.241 e. The van der Waals surface area contributed by atoms with Gasteiger partial charge in [0, 0.05) is 18.1 Å². The highest BCUT2D eigenvalue weighted by Gasteiger charge is 2.19. The molecule has 0 aliphatic carbocycles. The molecule has 1 amide bonds. The van der Waals surface area contributed by atoms with E-state index in [9.17, 15) is 4.79 Å². The summed E-state index contributed by atoms with van der Waals surface area (Å²) in [6.07, 6.45) is 1.75. The van der Waals surface area contributed by atoms with Crippen LogP contribution in [-0.4, -0.2) is 36.0 Å². The Morgan fingerprint density at radius 1 is 1.07 bits per heavy atom. The molecule has 0 bridgehead atoms. The minimum Gasteiger partial charge on any atom is -0.497 e. The number of ether oxygens (including phenoxy) is 1. The Hall–Kier alpha value is -3.44. The number of rotatable bonds is 6. The van der Waals surface area contributed by atoms with Gasteiger partial charge >= 0.3 is 0 Å². The van der Waals surface area contributed by atoms with Gasteiger partial charge in [0.05, 0.1) is 24.4 Å². The van der Waals surface area contributed by atoms with Crippen molar-refractivity contribution < 1.29 is 9.53 Å². The van der Waals surface area contributed by atoms with Gasteiger partial charge in [0.25, 0.3) is 0 Å². The maximum atomic E-state index is 12.9. The predicted molar refractivity (Wildman–Crippen MR) is 122 cm³/mol. The number of hydrogen-bond acceptors (Lipinski definition) is 4. The quantitative estimate of drug-likeness (QED) is 0.503. The average Bonchev–Trinajstić information content (AvgIpc) is 2.78. The van der Waals surface area contributed by atoms with E-state index in [2.05, 4.69) is 34.6 Å². The lowest BCUT2D eigenvalue weighted by molar-refractivity contribution is -0.120. The van der Waals surface area contributed by atoms with E-state index in [0.29, 0.717) is 6.54 Å². The molecule has 1 heterocycles. The van der Waals surface area contributed by atoms with Gasteiger partial charge in [-0.2, -0.15) is 0 Å². The summed E-state index contributed by atoms with van der Waals surface area (Å²) in [7, 11) is 3.64. The van der Waals surface area contributed by atoms with E-state index in [1.165, 1.54) is 0 Å². The molecule has 1 N–H and O–H groups in total. The van der Waals surface area contributed by atoms with Crippen molar-refractivity contribution in [2.24, 2.45) is 0 Å². The maximum absolute atomic E-state index is 12.9. The first-order valence-corrected chi connectivity index (χ1v) is 9.96. The van der Waals surface area contributed by atoms with Crippen LogP contribution in [0.1, 0.15) is 12.5 Å². The zero-order valence-electron chi connectivity index (χ0n) is 17.4. The molecule has 152 valence electrons. The molecular weight excluding hydrogens is 374 g/mol. The third-order valence-corrected chi connectivity index (χ3v) is 5.49. The fourth-order valence-corrected chi connectivity index (χ4v) is 3.57. The molecule has 3 aromatic carbocycles. The number of likely N-dealkylation sites (N-methyl/N-ethyl adjacent to an activating group) is 1. The first-order chi connectivity index (χ1) is 14.5. The van der Waals surface area contributed by atoms with Gasteiger partial charge < -0.3 is 10.1 Å². The van der Waals surface area contributed by atoms with Crippen molar-refractivity contribution in [2.45, 2.75) is 19.5 Å². The van der Waals surface area contributed by atoms with Crippen molar-refractivity contribution in [3.63, 3.8) is 0 Å². The molecule has 0 spiro atoms. The van der Waals surface area contributed by atoms with Crippen LogP contribution < -0.4 is 10.1 Å². The van der Waals surface area contributed by atoms with Crippen LogP contribution in [0.4, 0.5) is 5.69 Å². The lowest BCUT2D eigenvalue weighted by atomic mass is 10.1. The van der Waals surface area contributed by atoms with E-state index in [1.807, 2.05) is 61.3 Å². The van der Waals surface area contributed by atoms with E-state index < -0.39 is 0 Å². The molecular formula is C25H25N3O2. The van der Waals surface area contributed by atoms with Gasteiger partial charge in [0.2, 0.25) is 5.91 Å². The molecule has 1 aromatic heterocycles. The number of carbonyl (C=O) groups excluding carboxylic acids is 1. The Labute approximate surface area is 176 Å². The molecule has 1 atom stereocenters. The fraction of sp³-hybridized carbons (Fsp3) is 0.200. The normalized spacial score (nSPS) is 12.3. The average molecular weight is 399 g/mol. The molecule has 4 aromatic rings. The number of amides is 1. The van der Waals surface area contributed by atoms with Crippen LogP contribution in [0.3, 0.4) is 0 Å². The molecule has 0 aliphatic rings. The Bertz CT molecular complexity index is 1200. The molecule has 0 fully saturated rings. The molecule has 0 saturated carbocycles. The van der Waals surface area contributed by atoms with Gasteiger partial charge in [0.15, 0.2) is 0 Å². The number of nitrogens with one attached hydrogen (secondary N) is 1. The van der Waals surface area contributed by atoms with Gasteiger partial charge in [-0.1, -0.05) is 24.3 Å². The van der Waals surface area contributed by atoms with Gasteiger partial charge in [-0.15, -0.1) is 0 Å². The van der Waals surface area contributed by atoms with E-state index in [4.69, 9.17) is 4.74 Å². The first kappa shape index (κ1) is 19.9. The number of pyridine rings is 1. The summed E-state index contributed by atoms with van der Waals surface area (Å²) < 4.78 is 5.29. The monoisotopic (exact) mass is 399 g/mol. The highest BCUT2D eigenvalue weighted by Crippen LogP contribution is 2.24. The molecule has 0 saturated heterocycles. The zero-order valence-corrected chi connectivity index (χ0v) is 17.4. The van der Waals surface area contributed by atoms with Gasteiger partial charge in [0.1, 0.15) is 5.75 Å². The summed E-state index contributed by atoms with van der Waals surface area (Å²) in [6, 6.07) is 21.7. The number of carbonyl (C=O) groups is 1. The minimum absolute atomic E-state index is 0.0422. The van der Waals surface area contributed by atoms with Crippen molar-refractivity contribution in [2.75, 3.05) is 19.5 Å². The van der Waals surface area contributed by atoms with Crippen molar-refractivity contribution in [3.8, 4) is 5.75 Å². The van der Waals surface area contributed by atoms with Crippen LogP contribution in [0, 0.1) is 0 Å². The second-order valence-corrected chi connectivity index (χ2v) is 7.50. The third kappa shape index (κ3) is 4.11. The number of fused-ring (bicyclic) bond motifs is 2. The van der Waals surface area contributed by atoms with Crippen LogP contribution >= 0.6 is 0 Å². The second kappa shape index (κ2) is 8.51. The van der Waals surface area contributed by atoms with Crippen LogP contribution in [0.25, 0.3) is 21.7 Å². The zero-order chi connectivity index (χ0) is 21.1. The molecule has 0 radical (unpaired) electrons. The summed E-state index contributed by atoms with van der Waals surface area (Å²) in [4.78, 5) is 19.3. The molecule has 0 aliphatic heterocycles. The molecule has 4 rings (SSSR count). The minimum atomic E-state index is -0.288. The summed E-state index contributed by atoms with van der Waals surface area (Å²) >= 11 is 0. The number of hydrogen-bond donors (Lipinski definition) is 1. The first-order valence-electron chi connectivity index (χ1n) is 9.96. The number of aromatic nitrogens is 1. The van der Waals surface area contributed by atoms with Crippen molar-refractivity contribution in [3.05, 3.63) is 78.5 Å². The van der Waals surface area contributed by atoms with Crippen LogP contribution in [0.2, 0.25) is 0 Å². The largest absolute Gasteiger partial charge is 0.497 e. The summed E-state index contributed by atoms with van der Waals surface area (Å²) in [5.74, 6) is 0.806. The van der Waals surface area contributed by atoms with Crippen molar-refractivity contribution in [1.29, 1.82) is 0 Å². The van der Waals surface area contributed by atoms with Crippen LogP contribution in [0.15, 0.2) is 72.9 Å². The number of methoxy groups -OCH3 is 1. The Balaban J connectivity index is 1.47. The standard InChI is InChI=1S/C25H25N3O2/c1-17(25(29)27-24-8-4-7-23-22(24)6-5-13-26-23)28(2)16-18-9-10-20-15-21(30-3)12-11-19(20)14-18/h4-15,17H,16H2,1-3H3,(H,27,29). The van der Waals surface area contributed by atoms with Crippen LogP contribution in [0.5, 0.6) is 5.75 Å². The summed E-state index contributed by atoms with van der Waals surface area (Å²) in [5, 5.41) is 6.29. The van der Waals surface area contributed by atoms with Gasteiger partial charge in [-0.25, -0.2) is 0 Å². The highest BCUT2D eigenvalue weighted by atomic mass is 16.5. The fourth-order valence-electron chi connectivity index (χ4n) is 3.57. The lowest BCUT2D eigenvalue weighted by Crippen LogP contribution is -2.39. The predicted octanol–water partition coefficient (Wildman–Crippen LogP) is 4.86. The lowest BCUT2D eigenvalue weighted by Gasteiger charge is -2.24. The molecule has 30 heavy (non-hydrogen) atoms. The van der Waals surface area contributed by atoms with E-state index in [1.54, 1.807) is 13.3 Å². The number of benzene rings is 3. The smallest absolute Gasteiger partial charge is 0.241 e. The summed E-state index contributed by atoms with van der Waals surface area (Å²) in [6.45, 7) is 2.60. The Morgan fingerprint density at radius 2 is 1.87 bits per heavy atom. The third-order valence-electron chi connectivity index (χ3n) is 5.49. The highest BCUT2D eigenvalue weighted by molar-refractivity contribution is 6.02. The van der Waals surface area contributed by atoms with Crippen LogP contribution in [-0.2, 0) is 11.3 Å². The van der Waals surface area contributed by atoms with E-state index >= 15 is 0 Å². The number of anilines is 1. The van der Waals surface area contributed by atoms with Gasteiger partial charge in [-0.3, -0.25) is 14.7 Å². The van der Waals surface area contributed by atoms with E-state index in [-0.39, 0.29) is 11.9 Å². The summed E-state index contributed by atoms with van der Waals surface area (Å²) in [5.41, 5.74) is 2.80. The van der Waals surface area contributed by atoms with E-state index in [0.717, 1.165) is 38.7 Å². The topological polar surface area (TPSA) is 54.5 Å². The van der Waals surface area contributed by atoms with Gasteiger partial charge in [-0.05, 0) is 72.8 Å². The number of nitrogens with zero attached hydrogens (tertiary/aromatic N) is 2. The SMILES string of the molecule is COc1ccc2cc(CN(C)C(C)C(=O)Nc3cccc4ncccc34)ccc2c1. The second-order valence-electron chi connectivity index (χ2n) is 7.50. The molecule has 1 unspecified atom stereocenters. The molecule has 5 nitrogen and oxygen atoms in total. The van der Waals surface area contributed by atoms with Crippen molar-refractivity contribution in [1.82, 2.24) is 9.88 Å². The Kier molecular flexibility index (Phi) is 5.63. The van der Waals surface area contributed by atoms with Crippen molar-refractivity contribution >= 4 is 33.3 Å². The molecule has 5 heteroatoms.